The van der Waals surface area contributed by atoms with Gasteiger partial charge in [-0.15, -0.1) is 0 Å². The number of hydrogen-bond acceptors (Lipinski definition) is 2. The van der Waals surface area contributed by atoms with Crippen LogP contribution in [0.15, 0.2) is 30.3 Å². The fourth-order valence-corrected chi connectivity index (χ4v) is 2.50. The fraction of sp³-hybridized carbons (Fsp3) is 0.538. The highest BCUT2D eigenvalue weighted by Gasteiger charge is 2.09. The van der Waals surface area contributed by atoms with Gasteiger partial charge >= 0.3 is 0 Å². The summed E-state index contributed by atoms with van der Waals surface area (Å²) < 4.78 is 0. The molecule has 84 valence electrons. The Hall–Kier alpha value is -0.470. The lowest BCUT2D eigenvalue weighted by molar-refractivity contribution is 0.475. The Morgan fingerprint density at radius 3 is 2.53 bits per heavy atom. The summed E-state index contributed by atoms with van der Waals surface area (Å²) in [7, 11) is 0. The van der Waals surface area contributed by atoms with Gasteiger partial charge in [-0.3, -0.25) is 0 Å². The van der Waals surface area contributed by atoms with Crippen molar-refractivity contribution in [2.24, 2.45) is 11.7 Å². The van der Waals surface area contributed by atoms with Crippen molar-refractivity contribution in [2.45, 2.75) is 32.1 Å². The van der Waals surface area contributed by atoms with Crippen molar-refractivity contribution in [2.75, 3.05) is 5.75 Å². The van der Waals surface area contributed by atoms with E-state index < -0.39 is 0 Å². The second kappa shape index (κ2) is 6.91. The lowest BCUT2D eigenvalue weighted by atomic mass is 10.0. The lowest BCUT2D eigenvalue weighted by Gasteiger charge is -2.17. The Morgan fingerprint density at radius 1 is 1.27 bits per heavy atom. The van der Waals surface area contributed by atoms with E-state index in [1.165, 1.54) is 12.0 Å². The standard InChI is InChI=1S/C13H21NS/c1-3-11(2)13(14)10-15-9-12-7-5-4-6-8-12/h4-8,11,13H,3,9-10,14H2,1-2H3. The summed E-state index contributed by atoms with van der Waals surface area (Å²) in [5.74, 6) is 2.77. The third-order valence-corrected chi connectivity index (χ3v) is 3.95. The van der Waals surface area contributed by atoms with Crippen LogP contribution >= 0.6 is 11.8 Å². The molecule has 0 aromatic heterocycles. The SMILES string of the molecule is CCC(C)C(N)CSCc1ccccc1. The van der Waals surface area contributed by atoms with E-state index in [1.54, 1.807) is 0 Å². The predicted octanol–water partition coefficient (Wildman–Crippen LogP) is 3.29. The number of nitrogens with two attached hydrogens (primary N) is 1. The first-order chi connectivity index (χ1) is 7.24. The summed E-state index contributed by atoms with van der Waals surface area (Å²) in [6, 6.07) is 10.9. The summed E-state index contributed by atoms with van der Waals surface area (Å²) in [5.41, 5.74) is 7.46. The average Bonchev–Trinajstić information content (AvgIpc) is 2.29. The second-order valence-electron chi connectivity index (χ2n) is 4.05. The molecule has 0 aliphatic heterocycles. The molecule has 1 aromatic rings. The molecular formula is C13H21NS. The molecule has 1 aromatic carbocycles. The van der Waals surface area contributed by atoms with Gasteiger partial charge in [-0.2, -0.15) is 11.8 Å². The number of thioether (sulfide) groups is 1. The molecule has 0 amide bonds. The molecule has 2 heteroatoms. The normalized spacial score (nSPS) is 14.9. The Morgan fingerprint density at radius 2 is 1.93 bits per heavy atom. The molecule has 0 aliphatic carbocycles. The molecule has 2 atom stereocenters. The van der Waals surface area contributed by atoms with Gasteiger partial charge in [0.15, 0.2) is 0 Å². The zero-order chi connectivity index (χ0) is 11.1. The molecule has 1 rings (SSSR count). The van der Waals surface area contributed by atoms with Crippen LogP contribution in [0.3, 0.4) is 0 Å². The van der Waals surface area contributed by atoms with Crippen molar-refractivity contribution in [3.05, 3.63) is 35.9 Å². The molecule has 2 unspecified atom stereocenters. The van der Waals surface area contributed by atoms with Crippen LogP contribution in [0.4, 0.5) is 0 Å². The molecule has 0 bridgehead atoms. The van der Waals surface area contributed by atoms with Crippen LogP contribution in [0.2, 0.25) is 0 Å². The van der Waals surface area contributed by atoms with Crippen LogP contribution in [0.1, 0.15) is 25.8 Å². The van der Waals surface area contributed by atoms with Crippen LogP contribution in [0.25, 0.3) is 0 Å². The van der Waals surface area contributed by atoms with Crippen LogP contribution in [0.5, 0.6) is 0 Å². The van der Waals surface area contributed by atoms with E-state index in [0.29, 0.717) is 12.0 Å². The minimum Gasteiger partial charge on any atom is -0.327 e. The Bertz CT molecular complexity index is 260. The van der Waals surface area contributed by atoms with E-state index >= 15 is 0 Å². The van der Waals surface area contributed by atoms with Crippen molar-refractivity contribution in [1.29, 1.82) is 0 Å². The molecule has 1 nitrogen and oxygen atoms in total. The monoisotopic (exact) mass is 223 g/mol. The first-order valence-corrected chi connectivity index (χ1v) is 6.76. The average molecular weight is 223 g/mol. The van der Waals surface area contributed by atoms with E-state index in [9.17, 15) is 0 Å². The third kappa shape index (κ3) is 4.72. The number of rotatable bonds is 6. The molecule has 0 fully saturated rings. The quantitative estimate of drug-likeness (QED) is 0.801. The summed E-state index contributed by atoms with van der Waals surface area (Å²) in [6.45, 7) is 4.43. The van der Waals surface area contributed by atoms with E-state index in [4.69, 9.17) is 5.73 Å². The second-order valence-corrected chi connectivity index (χ2v) is 5.08. The highest BCUT2D eigenvalue weighted by Crippen LogP contribution is 2.16. The van der Waals surface area contributed by atoms with Crippen molar-refractivity contribution in [3.63, 3.8) is 0 Å². The van der Waals surface area contributed by atoms with Gasteiger partial charge in [0, 0.05) is 17.5 Å². The van der Waals surface area contributed by atoms with Gasteiger partial charge in [0.25, 0.3) is 0 Å². The molecule has 2 N–H and O–H groups in total. The topological polar surface area (TPSA) is 26.0 Å². The third-order valence-electron chi connectivity index (χ3n) is 2.80. The van der Waals surface area contributed by atoms with Crippen molar-refractivity contribution < 1.29 is 0 Å². The largest absolute Gasteiger partial charge is 0.327 e. The van der Waals surface area contributed by atoms with Crippen LogP contribution < -0.4 is 5.73 Å². The highest BCUT2D eigenvalue weighted by molar-refractivity contribution is 7.98. The predicted molar refractivity (Wildman–Crippen MR) is 70.0 cm³/mol. The molecule has 15 heavy (non-hydrogen) atoms. The van der Waals surface area contributed by atoms with Crippen molar-refractivity contribution in [3.8, 4) is 0 Å². The number of benzene rings is 1. The summed E-state index contributed by atoms with van der Waals surface area (Å²) in [5, 5.41) is 0. The Balaban J connectivity index is 2.22. The smallest absolute Gasteiger partial charge is 0.0185 e. The summed E-state index contributed by atoms with van der Waals surface area (Å²) in [4.78, 5) is 0. The van der Waals surface area contributed by atoms with Gasteiger partial charge in [-0.25, -0.2) is 0 Å². The van der Waals surface area contributed by atoms with E-state index in [2.05, 4.69) is 44.2 Å². The van der Waals surface area contributed by atoms with E-state index in [-0.39, 0.29) is 0 Å². The molecule has 0 aliphatic rings. The number of hydrogen-bond donors (Lipinski definition) is 1. The minimum atomic E-state index is 0.337. The minimum absolute atomic E-state index is 0.337. The zero-order valence-electron chi connectivity index (χ0n) is 9.65. The molecule has 0 spiro atoms. The Kier molecular flexibility index (Phi) is 5.81. The summed E-state index contributed by atoms with van der Waals surface area (Å²) in [6.07, 6.45) is 1.17. The first-order valence-electron chi connectivity index (χ1n) is 5.61. The van der Waals surface area contributed by atoms with Gasteiger partial charge in [0.05, 0.1) is 0 Å². The van der Waals surface area contributed by atoms with E-state index in [0.717, 1.165) is 11.5 Å². The maximum atomic E-state index is 6.07. The molecule has 0 heterocycles. The molecule has 0 saturated heterocycles. The maximum absolute atomic E-state index is 6.07. The maximum Gasteiger partial charge on any atom is 0.0185 e. The summed E-state index contributed by atoms with van der Waals surface area (Å²) >= 11 is 1.93. The van der Waals surface area contributed by atoms with Gasteiger partial charge in [-0.1, -0.05) is 50.6 Å². The Labute approximate surface area is 97.4 Å². The van der Waals surface area contributed by atoms with E-state index in [1.807, 2.05) is 11.8 Å². The van der Waals surface area contributed by atoms with Gasteiger partial charge in [0.2, 0.25) is 0 Å². The van der Waals surface area contributed by atoms with Crippen LogP contribution in [-0.4, -0.2) is 11.8 Å². The first kappa shape index (κ1) is 12.6. The van der Waals surface area contributed by atoms with Gasteiger partial charge < -0.3 is 5.73 Å². The van der Waals surface area contributed by atoms with Crippen molar-refractivity contribution >= 4 is 11.8 Å². The van der Waals surface area contributed by atoms with Gasteiger partial charge in [0.1, 0.15) is 0 Å². The van der Waals surface area contributed by atoms with Crippen LogP contribution in [-0.2, 0) is 5.75 Å². The molecule has 0 saturated carbocycles. The lowest BCUT2D eigenvalue weighted by Crippen LogP contribution is -2.30. The zero-order valence-corrected chi connectivity index (χ0v) is 10.5. The van der Waals surface area contributed by atoms with Crippen molar-refractivity contribution in [1.82, 2.24) is 0 Å². The highest BCUT2D eigenvalue weighted by atomic mass is 32.2. The van der Waals surface area contributed by atoms with Crippen LogP contribution in [0, 0.1) is 5.92 Å². The molecular weight excluding hydrogens is 202 g/mol. The fourth-order valence-electron chi connectivity index (χ4n) is 1.35. The van der Waals surface area contributed by atoms with Gasteiger partial charge in [-0.05, 0) is 11.5 Å². The molecule has 0 radical (unpaired) electrons.